The Labute approximate surface area is 88.5 Å². The summed E-state index contributed by atoms with van der Waals surface area (Å²) in [5.41, 5.74) is 1.42. The molecule has 0 nitrogen and oxygen atoms in total. The molecule has 0 aromatic heterocycles. The van der Waals surface area contributed by atoms with E-state index in [9.17, 15) is 0 Å². The van der Waals surface area contributed by atoms with Crippen molar-refractivity contribution in [3.05, 3.63) is 23.8 Å². The van der Waals surface area contributed by atoms with Gasteiger partial charge in [0.2, 0.25) is 0 Å². The standard InChI is InChI=1S/C10H15.Hf/c1-2-3-4-7-10-8-5-6-9-10;/h5,8H,2-4,6-7H2,1H3;/q-1;. The predicted octanol–water partition coefficient (Wildman–Crippen LogP) is 3.25. The van der Waals surface area contributed by atoms with Gasteiger partial charge in [0.05, 0.1) is 0 Å². The minimum atomic E-state index is 0. The van der Waals surface area contributed by atoms with Crippen LogP contribution in [0.15, 0.2) is 17.7 Å². The van der Waals surface area contributed by atoms with Crippen molar-refractivity contribution in [1.82, 2.24) is 0 Å². The van der Waals surface area contributed by atoms with E-state index < -0.39 is 0 Å². The molecule has 60 valence electrons. The summed E-state index contributed by atoms with van der Waals surface area (Å²) in [6, 6.07) is 0. The summed E-state index contributed by atoms with van der Waals surface area (Å²) in [4.78, 5) is 0. The zero-order chi connectivity index (χ0) is 7.23. The van der Waals surface area contributed by atoms with Crippen LogP contribution in [0.2, 0.25) is 0 Å². The zero-order valence-electron chi connectivity index (χ0n) is 7.19. The first-order valence-electron chi connectivity index (χ1n) is 4.19. The van der Waals surface area contributed by atoms with Gasteiger partial charge in [-0.25, -0.2) is 11.6 Å². The summed E-state index contributed by atoms with van der Waals surface area (Å²) in [5.74, 6) is 0. The molecule has 0 saturated heterocycles. The van der Waals surface area contributed by atoms with Gasteiger partial charge in [0.1, 0.15) is 0 Å². The Bertz CT molecular complexity index is 145. The Kier molecular flexibility index (Phi) is 7.25. The van der Waals surface area contributed by atoms with Crippen LogP contribution in [0.5, 0.6) is 0 Å². The first-order valence-corrected chi connectivity index (χ1v) is 4.19. The molecule has 0 atom stereocenters. The minimum absolute atomic E-state index is 0. The molecular formula is C10H15Hf-. The van der Waals surface area contributed by atoms with E-state index in [1.54, 1.807) is 0 Å². The van der Waals surface area contributed by atoms with Crippen LogP contribution in [0.4, 0.5) is 0 Å². The van der Waals surface area contributed by atoms with Crippen LogP contribution in [0, 0.1) is 6.08 Å². The maximum Gasteiger partial charge on any atom is 0 e. The molecule has 0 aromatic rings. The number of unbranched alkanes of at least 4 members (excludes halogenated alkanes) is 2. The number of hydrogen-bond acceptors (Lipinski definition) is 0. The van der Waals surface area contributed by atoms with E-state index in [4.69, 9.17) is 0 Å². The largest absolute Gasteiger partial charge is 0.269 e. The third kappa shape index (κ3) is 4.73. The summed E-state index contributed by atoms with van der Waals surface area (Å²) in [5, 5.41) is 0. The molecule has 1 rings (SSSR count). The van der Waals surface area contributed by atoms with E-state index in [1.807, 2.05) is 0 Å². The number of allylic oxidation sites excluding steroid dienone is 4. The molecule has 1 aliphatic rings. The average Bonchev–Trinajstić information content (AvgIpc) is 2.41. The van der Waals surface area contributed by atoms with Gasteiger partial charge in [0.25, 0.3) is 0 Å². The third-order valence-corrected chi connectivity index (χ3v) is 1.82. The molecule has 0 aliphatic heterocycles. The van der Waals surface area contributed by atoms with Crippen LogP contribution in [0.3, 0.4) is 0 Å². The van der Waals surface area contributed by atoms with Crippen LogP contribution in [-0.2, 0) is 25.8 Å². The summed E-state index contributed by atoms with van der Waals surface area (Å²) >= 11 is 0. The molecule has 11 heavy (non-hydrogen) atoms. The molecule has 0 saturated carbocycles. The zero-order valence-corrected chi connectivity index (χ0v) is 10.8. The topological polar surface area (TPSA) is 0 Å². The van der Waals surface area contributed by atoms with Crippen molar-refractivity contribution in [2.75, 3.05) is 0 Å². The fourth-order valence-corrected chi connectivity index (χ4v) is 1.19. The van der Waals surface area contributed by atoms with E-state index >= 15 is 0 Å². The van der Waals surface area contributed by atoms with Crippen molar-refractivity contribution in [3.8, 4) is 0 Å². The Morgan fingerprint density at radius 3 is 2.82 bits per heavy atom. The van der Waals surface area contributed by atoms with Gasteiger partial charge < -0.3 is 0 Å². The van der Waals surface area contributed by atoms with Crippen molar-refractivity contribution >= 4 is 0 Å². The average molecular weight is 314 g/mol. The molecule has 0 radical (unpaired) electrons. The molecule has 0 heterocycles. The molecule has 1 heteroatoms. The van der Waals surface area contributed by atoms with Crippen LogP contribution in [0.25, 0.3) is 0 Å². The second-order valence-electron chi connectivity index (χ2n) is 2.77. The van der Waals surface area contributed by atoms with Crippen molar-refractivity contribution < 1.29 is 25.8 Å². The summed E-state index contributed by atoms with van der Waals surface area (Å²) in [6.45, 7) is 2.24. The van der Waals surface area contributed by atoms with Crippen LogP contribution >= 0.6 is 0 Å². The maximum atomic E-state index is 3.32. The fraction of sp³-hybridized carbons (Fsp3) is 0.600. The summed E-state index contributed by atoms with van der Waals surface area (Å²) < 4.78 is 0. The quantitative estimate of drug-likeness (QED) is 0.424. The van der Waals surface area contributed by atoms with E-state index in [2.05, 4.69) is 25.2 Å². The van der Waals surface area contributed by atoms with Gasteiger partial charge in [0.15, 0.2) is 0 Å². The Balaban J connectivity index is 0.000001000. The molecule has 0 bridgehead atoms. The van der Waals surface area contributed by atoms with E-state index in [-0.39, 0.29) is 25.8 Å². The molecule has 0 N–H and O–H groups in total. The second-order valence-corrected chi connectivity index (χ2v) is 2.77. The molecule has 0 aromatic carbocycles. The molecule has 0 spiro atoms. The summed E-state index contributed by atoms with van der Waals surface area (Å²) in [7, 11) is 0. The predicted molar refractivity (Wildman–Crippen MR) is 44.7 cm³/mol. The van der Waals surface area contributed by atoms with E-state index in [0.717, 1.165) is 6.42 Å². The van der Waals surface area contributed by atoms with Crippen molar-refractivity contribution in [1.29, 1.82) is 0 Å². The van der Waals surface area contributed by atoms with Crippen molar-refractivity contribution in [2.45, 2.75) is 39.0 Å². The van der Waals surface area contributed by atoms with Gasteiger partial charge >= 0.3 is 0 Å². The number of rotatable bonds is 4. The molecule has 0 amide bonds. The van der Waals surface area contributed by atoms with Crippen LogP contribution < -0.4 is 0 Å². The molecule has 0 unspecified atom stereocenters. The van der Waals surface area contributed by atoms with Crippen LogP contribution in [-0.4, -0.2) is 0 Å². The van der Waals surface area contributed by atoms with Crippen molar-refractivity contribution in [2.24, 2.45) is 0 Å². The van der Waals surface area contributed by atoms with Crippen LogP contribution in [0.1, 0.15) is 39.0 Å². The molecule has 0 fully saturated rings. The van der Waals surface area contributed by atoms with Gasteiger partial charge in [-0.05, 0) is 0 Å². The van der Waals surface area contributed by atoms with Gasteiger partial charge in [-0.1, -0.05) is 32.6 Å². The maximum absolute atomic E-state index is 3.32. The Morgan fingerprint density at radius 1 is 1.45 bits per heavy atom. The molecule has 1 aliphatic carbocycles. The smallest absolute Gasteiger partial charge is 0 e. The molecular weight excluding hydrogens is 299 g/mol. The van der Waals surface area contributed by atoms with Gasteiger partial charge in [-0.3, -0.25) is 6.08 Å². The first-order chi connectivity index (χ1) is 4.93. The van der Waals surface area contributed by atoms with Gasteiger partial charge in [-0.2, -0.15) is 6.08 Å². The second kappa shape index (κ2) is 7.02. The van der Waals surface area contributed by atoms with Crippen molar-refractivity contribution in [3.63, 3.8) is 0 Å². The minimum Gasteiger partial charge on any atom is -0.269 e. The van der Waals surface area contributed by atoms with E-state index in [1.165, 1.54) is 31.3 Å². The normalized spacial score (nSPS) is 14.5. The van der Waals surface area contributed by atoms with Gasteiger partial charge in [0, 0.05) is 25.8 Å². The first kappa shape index (κ1) is 11.4. The Hall–Kier alpha value is 0.350. The summed E-state index contributed by atoms with van der Waals surface area (Å²) in [6.07, 6.45) is 14.0. The third-order valence-electron chi connectivity index (χ3n) is 1.82. The Morgan fingerprint density at radius 2 is 2.27 bits per heavy atom. The number of hydrogen-bond donors (Lipinski definition) is 0. The van der Waals surface area contributed by atoms with Gasteiger partial charge in [-0.15, -0.1) is 6.42 Å². The fourth-order valence-electron chi connectivity index (χ4n) is 1.19. The van der Waals surface area contributed by atoms with E-state index in [0.29, 0.717) is 0 Å². The monoisotopic (exact) mass is 315 g/mol. The SMILES string of the molecule is CCCCCC1=[C-]CC=C1.[Hf].